The molecule has 0 bridgehead atoms. The van der Waals surface area contributed by atoms with Crippen LogP contribution in [0.4, 0.5) is 0 Å². The fourth-order valence-electron chi connectivity index (χ4n) is 3.11. The molecule has 1 aromatic carbocycles. The van der Waals surface area contributed by atoms with E-state index in [-0.39, 0.29) is 5.92 Å². The maximum atomic E-state index is 12.5. The van der Waals surface area contributed by atoms with Crippen molar-refractivity contribution in [2.75, 3.05) is 0 Å². The van der Waals surface area contributed by atoms with Crippen LogP contribution in [0.1, 0.15) is 32.3 Å². The molecular weight excluding hydrogens is 357 g/mol. The van der Waals surface area contributed by atoms with Gasteiger partial charge in [-0.2, -0.15) is 0 Å². The zero-order chi connectivity index (χ0) is 20.1. The summed E-state index contributed by atoms with van der Waals surface area (Å²) >= 11 is 0. The van der Waals surface area contributed by atoms with E-state index < -0.39 is 25.1 Å². The monoisotopic (exact) mass is 381 g/mol. The Kier molecular flexibility index (Phi) is 6.43. The van der Waals surface area contributed by atoms with Gasteiger partial charge < -0.3 is 20.2 Å². The standard InChI is InChI=1S/C20H24BN3O4/c1-13(2)8-19(21(26)27)23-20(25)18-10-17(24-28-18)16-9-15(11-22-12-16)14-6-4-3-5-7-14/h3-7,9,11-13,18-19,26-27H,8,10H2,1-2H3,(H,23,25). The molecule has 3 rings (SSSR count). The van der Waals surface area contributed by atoms with Crippen LogP contribution in [0.5, 0.6) is 0 Å². The van der Waals surface area contributed by atoms with E-state index in [1.54, 1.807) is 12.4 Å². The third-order valence-corrected chi connectivity index (χ3v) is 4.55. The Labute approximate surface area is 164 Å². The number of nitrogens with one attached hydrogen (secondary N) is 1. The lowest BCUT2D eigenvalue weighted by atomic mass is 9.75. The van der Waals surface area contributed by atoms with Gasteiger partial charge in [-0.1, -0.05) is 49.3 Å². The number of oxime groups is 1. The molecule has 2 aromatic rings. The predicted molar refractivity (Wildman–Crippen MR) is 107 cm³/mol. The molecule has 2 unspecified atom stereocenters. The molecule has 0 saturated carbocycles. The summed E-state index contributed by atoms with van der Waals surface area (Å²) in [6.45, 7) is 3.89. The first kappa shape index (κ1) is 20.0. The summed E-state index contributed by atoms with van der Waals surface area (Å²) in [5.41, 5.74) is 3.42. The van der Waals surface area contributed by atoms with E-state index in [1.165, 1.54) is 0 Å². The zero-order valence-corrected chi connectivity index (χ0v) is 15.9. The van der Waals surface area contributed by atoms with E-state index >= 15 is 0 Å². The minimum atomic E-state index is -1.63. The Bertz CT molecular complexity index is 842. The van der Waals surface area contributed by atoms with Gasteiger partial charge in [-0.05, 0) is 24.0 Å². The first-order valence-corrected chi connectivity index (χ1v) is 9.34. The number of pyridine rings is 1. The summed E-state index contributed by atoms with van der Waals surface area (Å²) in [6, 6.07) is 11.8. The summed E-state index contributed by atoms with van der Waals surface area (Å²) in [6.07, 6.45) is 3.41. The molecule has 0 aliphatic carbocycles. The smallest absolute Gasteiger partial charge is 0.426 e. The number of rotatable bonds is 7. The van der Waals surface area contributed by atoms with Gasteiger partial charge in [0, 0.05) is 29.9 Å². The largest absolute Gasteiger partial charge is 0.475 e. The van der Waals surface area contributed by atoms with Crippen LogP contribution >= 0.6 is 0 Å². The first-order chi connectivity index (χ1) is 13.4. The second-order valence-corrected chi connectivity index (χ2v) is 7.32. The maximum absolute atomic E-state index is 12.5. The van der Waals surface area contributed by atoms with Crippen molar-refractivity contribution in [2.24, 2.45) is 11.1 Å². The van der Waals surface area contributed by atoms with Crippen LogP contribution in [0.15, 0.2) is 53.9 Å². The Morgan fingerprint density at radius 1 is 1.21 bits per heavy atom. The number of aromatic nitrogens is 1. The number of carbonyl (C=O) groups excluding carboxylic acids is 1. The van der Waals surface area contributed by atoms with Gasteiger partial charge in [0.05, 0.1) is 11.7 Å². The number of amides is 1. The average Bonchev–Trinajstić information content (AvgIpc) is 3.18. The van der Waals surface area contributed by atoms with Crippen LogP contribution in [-0.2, 0) is 9.63 Å². The number of hydrogen-bond donors (Lipinski definition) is 3. The van der Waals surface area contributed by atoms with Crippen molar-refractivity contribution < 1.29 is 19.7 Å². The van der Waals surface area contributed by atoms with E-state index in [0.717, 1.165) is 16.7 Å². The van der Waals surface area contributed by atoms with E-state index in [9.17, 15) is 14.8 Å². The van der Waals surface area contributed by atoms with Gasteiger partial charge in [0.1, 0.15) is 0 Å². The van der Waals surface area contributed by atoms with Crippen molar-refractivity contribution >= 4 is 18.7 Å². The van der Waals surface area contributed by atoms with Crippen molar-refractivity contribution in [1.82, 2.24) is 10.3 Å². The number of hydrogen-bond acceptors (Lipinski definition) is 6. The van der Waals surface area contributed by atoms with E-state index in [0.29, 0.717) is 18.6 Å². The van der Waals surface area contributed by atoms with Crippen molar-refractivity contribution in [2.45, 2.75) is 38.7 Å². The highest BCUT2D eigenvalue weighted by Gasteiger charge is 2.33. The van der Waals surface area contributed by atoms with Crippen molar-refractivity contribution in [3.63, 3.8) is 0 Å². The molecule has 7 nitrogen and oxygen atoms in total. The highest BCUT2D eigenvalue weighted by Crippen LogP contribution is 2.22. The Morgan fingerprint density at radius 2 is 1.93 bits per heavy atom. The van der Waals surface area contributed by atoms with Gasteiger partial charge in [-0.25, -0.2) is 0 Å². The van der Waals surface area contributed by atoms with Crippen LogP contribution in [0.3, 0.4) is 0 Å². The van der Waals surface area contributed by atoms with Gasteiger partial charge >= 0.3 is 7.12 Å². The van der Waals surface area contributed by atoms with E-state index in [4.69, 9.17) is 4.84 Å². The van der Waals surface area contributed by atoms with Crippen LogP contribution < -0.4 is 5.32 Å². The molecule has 3 N–H and O–H groups in total. The van der Waals surface area contributed by atoms with Crippen molar-refractivity contribution in [3.8, 4) is 11.1 Å². The van der Waals surface area contributed by atoms with Gasteiger partial charge in [0.2, 0.25) is 6.10 Å². The third-order valence-electron chi connectivity index (χ3n) is 4.55. The van der Waals surface area contributed by atoms with Crippen molar-refractivity contribution in [1.29, 1.82) is 0 Å². The topological polar surface area (TPSA) is 104 Å². The van der Waals surface area contributed by atoms with Crippen LogP contribution in [-0.4, -0.2) is 45.8 Å². The molecule has 1 aromatic heterocycles. The molecule has 146 valence electrons. The zero-order valence-electron chi connectivity index (χ0n) is 15.9. The van der Waals surface area contributed by atoms with Gasteiger partial charge in [0.15, 0.2) is 0 Å². The van der Waals surface area contributed by atoms with Crippen LogP contribution in [0.25, 0.3) is 11.1 Å². The molecule has 1 amide bonds. The second kappa shape index (κ2) is 8.99. The van der Waals surface area contributed by atoms with E-state index in [1.807, 2.05) is 50.2 Å². The molecule has 0 saturated heterocycles. The lowest BCUT2D eigenvalue weighted by Crippen LogP contribution is -2.50. The molecular formula is C20H24BN3O4. The Morgan fingerprint density at radius 3 is 2.61 bits per heavy atom. The fraction of sp³-hybridized carbons (Fsp3) is 0.350. The maximum Gasteiger partial charge on any atom is 0.475 e. The summed E-state index contributed by atoms with van der Waals surface area (Å²) in [4.78, 5) is 22.0. The average molecular weight is 381 g/mol. The third kappa shape index (κ3) is 4.96. The SMILES string of the molecule is CC(C)CC(NC(=O)C1CC(c2cncc(-c3ccccc3)c2)=NO1)B(O)O. The lowest BCUT2D eigenvalue weighted by molar-refractivity contribution is -0.131. The molecule has 2 heterocycles. The van der Waals surface area contributed by atoms with Gasteiger partial charge in [-0.3, -0.25) is 9.78 Å². The number of benzene rings is 1. The summed E-state index contributed by atoms with van der Waals surface area (Å²) in [5, 5.41) is 25.7. The Hall–Kier alpha value is -2.71. The minimum absolute atomic E-state index is 0.204. The molecule has 0 fully saturated rings. The fourth-order valence-corrected chi connectivity index (χ4v) is 3.11. The number of nitrogens with zero attached hydrogens (tertiary/aromatic N) is 2. The first-order valence-electron chi connectivity index (χ1n) is 9.34. The van der Waals surface area contributed by atoms with Crippen LogP contribution in [0.2, 0.25) is 0 Å². The molecule has 0 spiro atoms. The van der Waals surface area contributed by atoms with Crippen LogP contribution in [0, 0.1) is 5.92 Å². The quantitative estimate of drug-likeness (QED) is 0.635. The van der Waals surface area contributed by atoms with Gasteiger partial charge in [0.25, 0.3) is 5.91 Å². The lowest BCUT2D eigenvalue weighted by Gasteiger charge is -2.20. The molecule has 1 aliphatic heterocycles. The summed E-state index contributed by atoms with van der Waals surface area (Å²) in [7, 11) is -1.63. The second-order valence-electron chi connectivity index (χ2n) is 7.32. The van der Waals surface area contributed by atoms with Crippen molar-refractivity contribution in [3.05, 3.63) is 54.4 Å². The highest BCUT2D eigenvalue weighted by molar-refractivity contribution is 6.43. The van der Waals surface area contributed by atoms with Gasteiger partial charge in [-0.15, -0.1) is 0 Å². The van der Waals surface area contributed by atoms with E-state index in [2.05, 4.69) is 15.5 Å². The molecule has 8 heteroatoms. The Balaban J connectivity index is 1.66. The molecule has 1 aliphatic rings. The molecule has 28 heavy (non-hydrogen) atoms. The highest BCUT2D eigenvalue weighted by atomic mass is 16.6. The summed E-state index contributed by atoms with van der Waals surface area (Å²) in [5.74, 6) is -0.955. The number of carbonyl (C=O) groups is 1. The predicted octanol–water partition coefficient (Wildman–Crippen LogP) is 1.78. The summed E-state index contributed by atoms with van der Waals surface area (Å²) < 4.78 is 0. The molecule has 2 atom stereocenters. The normalized spacial score (nSPS) is 17.0. The molecule has 0 radical (unpaired) electrons. The minimum Gasteiger partial charge on any atom is -0.426 e.